The Morgan fingerprint density at radius 1 is 1.05 bits per heavy atom. The number of amides is 1. The minimum Gasteiger partial charge on any atom is -0.348 e. The molecule has 2 aliphatic rings. The highest BCUT2D eigenvalue weighted by molar-refractivity contribution is 5.87. The zero-order valence-corrected chi connectivity index (χ0v) is 23.4. The van der Waals surface area contributed by atoms with Crippen LogP contribution < -0.4 is 11.0 Å². The number of nitrogens with one attached hydrogen (secondary N) is 1. The monoisotopic (exact) mass is 529 g/mol. The number of aromatic nitrogens is 4. The fourth-order valence-corrected chi connectivity index (χ4v) is 5.49. The van der Waals surface area contributed by atoms with Crippen molar-refractivity contribution in [1.82, 2.24) is 29.3 Å². The summed E-state index contributed by atoms with van der Waals surface area (Å²) in [5.41, 5.74) is 3.13. The summed E-state index contributed by atoms with van der Waals surface area (Å²) in [6, 6.07) is 9.11. The third kappa shape index (κ3) is 5.88. The highest BCUT2D eigenvalue weighted by atomic mass is 16.2. The summed E-state index contributed by atoms with van der Waals surface area (Å²) in [5.74, 6) is 0.497. The number of rotatable bonds is 9. The molecular weight excluding hydrogens is 490 g/mol. The lowest BCUT2D eigenvalue weighted by molar-refractivity contribution is -0.128. The number of benzene rings is 1. The maximum absolute atomic E-state index is 12.3. The first-order valence-corrected chi connectivity index (χ1v) is 13.9. The van der Waals surface area contributed by atoms with Gasteiger partial charge in [0.2, 0.25) is 11.9 Å². The van der Waals surface area contributed by atoms with Gasteiger partial charge in [-0.15, -0.1) is 0 Å². The first kappa shape index (κ1) is 27.0. The van der Waals surface area contributed by atoms with E-state index in [1.807, 2.05) is 18.7 Å². The lowest BCUT2D eigenvalue weighted by atomic mass is 9.91. The molecule has 0 spiro atoms. The Morgan fingerprint density at radius 2 is 1.69 bits per heavy atom. The van der Waals surface area contributed by atoms with Gasteiger partial charge in [-0.1, -0.05) is 37.8 Å². The van der Waals surface area contributed by atoms with Crippen molar-refractivity contribution in [3.05, 3.63) is 70.9 Å². The largest absolute Gasteiger partial charge is 0.349 e. The van der Waals surface area contributed by atoms with Gasteiger partial charge in [0.05, 0.1) is 11.4 Å². The molecule has 0 bridgehead atoms. The van der Waals surface area contributed by atoms with Crippen molar-refractivity contribution in [2.45, 2.75) is 65.1 Å². The fourth-order valence-electron chi connectivity index (χ4n) is 5.49. The summed E-state index contributed by atoms with van der Waals surface area (Å²) in [4.78, 5) is 41.9. The van der Waals surface area contributed by atoms with Crippen molar-refractivity contribution in [1.29, 1.82) is 0 Å². The van der Waals surface area contributed by atoms with E-state index in [4.69, 9.17) is 0 Å². The molecule has 206 valence electrons. The molecule has 3 aromatic rings. The third-order valence-electron chi connectivity index (χ3n) is 8.26. The van der Waals surface area contributed by atoms with Crippen LogP contribution in [0, 0.1) is 5.41 Å². The van der Waals surface area contributed by atoms with Crippen LogP contribution in [0.15, 0.2) is 54.1 Å². The molecule has 2 aromatic heterocycles. The van der Waals surface area contributed by atoms with Gasteiger partial charge in [0.25, 0.3) is 0 Å². The van der Waals surface area contributed by atoms with Gasteiger partial charge in [-0.3, -0.25) is 14.3 Å². The second-order valence-electron chi connectivity index (χ2n) is 11.6. The molecule has 1 saturated carbocycles. The van der Waals surface area contributed by atoms with Crippen LogP contribution in [0.3, 0.4) is 0 Å². The lowest BCUT2D eigenvalue weighted by Crippen LogP contribution is -2.49. The van der Waals surface area contributed by atoms with E-state index < -0.39 is 0 Å². The molecule has 1 aromatic carbocycles. The van der Waals surface area contributed by atoms with E-state index in [0.29, 0.717) is 23.1 Å². The van der Waals surface area contributed by atoms with Crippen molar-refractivity contribution in [2.75, 3.05) is 31.5 Å². The molecule has 9 heteroatoms. The number of nitrogens with zero attached hydrogens (tertiary/aromatic N) is 6. The van der Waals surface area contributed by atoms with Crippen molar-refractivity contribution < 1.29 is 4.79 Å². The molecule has 2 fully saturated rings. The van der Waals surface area contributed by atoms with Gasteiger partial charge >= 0.3 is 5.69 Å². The maximum Gasteiger partial charge on any atom is 0.349 e. The van der Waals surface area contributed by atoms with Crippen LogP contribution in [-0.4, -0.2) is 61.4 Å². The highest BCUT2D eigenvalue weighted by Crippen LogP contribution is 2.52. The highest BCUT2D eigenvalue weighted by Gasteiger charge is 2.41. The molecule has 1 saturated heterocycles. The zero-order valence-electron chi connectivity index (χ0n) is 23.4. The van der Waals surface area contributed by atoms with Gasteiger partial charge < -0.3 is 10.2 Å². The Hall–Kier alpha value is -3.59. The fraction of sp³-hybridized carbons (Fsp3) is 0.500. The molecule has 1 aliphatic heterocycles. The molecule has 5 rings (SSSR count). The summed E-state index contributed by atoms with van der Waals surface area (Å²) in [6.45, 7) is 15.2. The Labute approximate surface area is 230 Å². The first-order chi connectivity index (χ1) is 18.7. The Kier molecular flexibility index (Phi) is 7.53. The molecule has 1 N–H and O–H groups in total. The smallest absolute Gasteiger partial charge is 0.348 e. The Balaban J connectivity index is 1.32. The normalized spacial score (nSPS) is 18.6. The average Bonchev–Trinajstić information content (AvgIpc) is 3.67. The van der Waals surface area contributed by atoms with E-state index in [1.165, 1.54) is 30.7 Å². The molecule has 3 heterocycles. The SMILES string of the molecule is C=CC(=O)N1CCN(C(CC2(C)CC2)c2ccc([C@H](C)Nc3ncc4cnc(=O)n(C(C)C)c4n3)cc2)CC1. The van der Waals surface area contributed by atoms with Crippen molar-refractivity contribution in [3.63, 3.8) is 0 Å². The first-order valence-electron chi connectivity index (χ1n) is 13.9. The number of fused-ring (bicyclic) bond motifs is 1. The summed E-state index contributed by atoms with van der Waals surface area (Å²) in [6.07, 6.45) is 8.34. The van der Waals surface area contributed by atoms with E-state index in [1.54, 1.807) is 10.8 Å². The molecular formula is C30H39N7O2. The van der Waals surface area contributed by atoms with E-state index in [0.717, 1.165) is 43.5 Å². The van der Waals surface area contributed by atoms with Crippen molar-refractivity contribution in [3.8, 4) is 0 Å². The second-order valence-corrected chi connectivity index (χ2v) is 11.6. The number of hydrogen-bond acceptors (Lipinski definition) is 7. The van der Waals surface area contributed by atoms with Gasteiger partial charge in [-0.25, -0.2) is 14.8 Å². The zero-order chi connectivity index (χ0) is 27.7. The summed E-state index contributed by atoms with van der Waals surface area (Å²) >= 11 is 0. The van der Waals surface area contributed by atoms with Crippen LogP contribution in [0.1, 0.15) is 76.2 Å². The van der Waals surface area contributed by atoms with Crippen molar-refractivity contribution in [2.24, 2.45) is 5.41 Å². The molecule has 1 aliphatic carbocycles. The van der Waals surface area contributed by atoms with Gasteiger partial charge in [-0.2, -0.15) is 4.98 Å². The number of piperazine rings is 1. The van der Waals surface area contributed by atoms with Crippen LogP contribution >= 0.6 is 0 Å². The summed E-state index contributed by atoms with van der Waals surface area (Å²) < 4.78 is 1.59. The van der Waals surface area contributed by atoms with Crippen molar-refractivity contribution >= 4 is 22.9 Å². The van der Waals surface area contributed by atoms with Crippen LogP contribution in [0.25, 0.3) is 11.0 Å². The summed E-state index contributed by atoms with van der Waals surface area (Å²) in [5, 5.41) is 4.14. The van der Waals surface area contributed by atoms with Crippen LogP contribution in [-0.2, 0) is 4.79 Å². The Bertz CT molecular complexity index is 1400. The predicted molar refractivity (Wildman–Crippen MR) is 154 cm³/mol. The van der Waals surface area contributed by atoms with E-state index in [2.05, 4.69) is 69.9 Å². The quantitative estimate of drug-likeness (QED) is 0.408. The lowest BCUT2D eigenvalue weighted by Gasteiger charge is -2.40. The molecule has 0 radical (unpaired) electrons. The van der Waals surface area contributed by atoms with E-state index in [-0.39, 0.29) is 23.7 Å². The van der Waals surface area contributed by atoms with Gasteiger partial charge in [0.15, 0.2) is 5.65 Å². The molecule has 1 amide bonds. The van der Waals surface area contributed by atoms with Crippen LogP contribution in [0.4, 0.5) is 5.95 Å². The van der Waals surface area contributed by atoms with Crippen LogP contribution in [0.5, 0.6) is 0 Å². The minimum atomic E-state index is -0.311. The number of anilines is 1. The van der Waals surface area contributed by atoms with E-state index in [9.17, 15) is 9.59 Å². The second kappa shape index (κ2) is 10.9. The van der Waals surface area contributed by atoms with Gasteiger partial charge in [-0.05, 0) is 62.7 Å². The average molecular weight is 530 g/mol. The standard InChI is InChI=1S/C30H39N7O2/c1-6-26(38)36-15-13-35(14-16-36)25(17-30(5)11-12-30)23-9-7-22(8-10-23)21(4)33-28-31-18-24-19-32-29(39)37(20(2)3)27(24)34-28/h6-10,18-21,25H,1,11-17H2,2-5H3,(H,31,33,34)/t21-,25?/m0/s1. The van der Waals surface area contributed by atoms with E-state index >= 15 is 0 Å². The number of carbonyl (C=O) groups is 1. The number of carbonyl (C=O) groups excluding carboxylic acids is 1. The van der Waals surface area contributed by atoms with Gasteiger partial charge in [0.1, 0.15) is 0 Å². The van der Waals surface area contributed by atoms with Crippen LogP contribution in [0.2, 0.25) is 0 Å². The molecule has 1 unspecified atom stereocenters. The molecule has 2 atom stereocenters. The minimum absolute atomic E-state index is 0.0192. The Morgan fingerprint density at radius 3 is 2.31 bits per heavy atom. The number of hydrogen-bond donors (Lipinski definition) is 1. The molecule has 9 nitrogen and oxygen atoms in total. The van der Waals surface area contributed by atoms with Gasteiger partial charge in [0, 0.05) is 50.7 Å². The topological polar surface area (TPSA) is 96.3 Å². The maximum atomic E-state index is 12.3. The summed E-state index contributed by atoms with van der Waals surface area (Å²) in [7, 11) is 0. The third-order valence-corrected chi connectivity index (χ3v) is 8.26. The molecule has 39 heavy (non-hydrogen) atoms. The predicted octanol–water partition coefficient (Wildman–Crippen LogP) is 4.50.